The second-order valence-corrected chi connectivity index (χ2v) is 9.06. The number of halogens is 8. The standard InChI is InChI=1S/C13H13F6NO.C11H11ClFNO/c1-11(2,10(21)20-3)7-4-8(12(14,15)16)6-9(5-7)13(17,18)19;12-11(15)14-6-5-9(7-14)8-1-3-10(13)4-2-8/h4-6H,1-3H3,(H,20,21);1-4,9H,5-7H2. The van der Waals surface area contributed by atoms with Crippen LogP contribution in [-0.2, 0) is 22.6 Å². The van der Waals surface area contributed by atoms with Gasteiger partial charge in [-0.05, 0) is 73.3 Å². The highest BCUT2D eigenvalue weighted by atomic mass is 35.5. The van der Waals surface area contributed by atoms with Gasteiger partial charge < -0.3 is 10.2 Å². The normalized spacial score (nSPS) is 16.3. The molecule has 0 aliphatic carbocycles. The van der Waals surface area contributed by atoms with E-state index in [1.807, 2.05) is 0 Å². The van der Waals surface area contributed by atoms with Gasteiger partial charge in [-0.25, -0.2) is 4.39 Å². The Bertz CT molecular complexity index is 1050. The first kappa shape index (κ1) is 29.4. The van der Waals surface area contributed by atoms with Crippen molar-refractivity contribution >= 4 is 22.9 Å². The van der Waals surface area contributed by atoms with Crippen LogP contribution in [0.5, 0.6) is 0 Å². The van der Waals surface area contributed by atoms with Gasteiger partial charge in [0.15, 0.2) is 0 Å². The summed E-state index contributed by atoms with van der Waals surface area (Å²) in [5, 5.41) is 1.82. The number of amides is 2. The molecule has 2 aromatic rings. The van der Waals surface area contributed by atoms with Gasteiger partial charge in [0, 0.05) is 26.1 Å². The average molecular weight is 541 g/mol. The lowest BCUT2D eigenvalue weighted by atomic mass is 9.82. The number of benzene rings is 2. The number of rotatable bonds is 3. The zero-order valence-corrected chi connectivity index (χ0v) is 20.3. The number of likely N-dealkylation sites (N-methyl/N-ethyl adjacent to an activating group) is 1. The highest BCUT2D eigenvalue weighted by Crippen LogP contribution is 2.39. The first-order valence-electron chi connectivity index (χ1n) is 10.7. The quantitative estimate of drug-likeness (QED) is 0.267. The van der Waals surface area contributed by atoms with Gasteiger partial charge in [0.1, 0.15) is 5.82 Å². The van der Waals surface area contributed by atoms with Crippen LogP contribution in [0.25, 0.3) is 0 Å². The van der Waals surface area contributed by atoms with Crippen molar-refractivity contribution in [3.05, 3.63) is 70.5 Å². The van der Waals surface area contributed by atoms with Crippen molar-refractivity contribution < 1.29 is 40.3 Å². The minimum absolute atomic E-state index is 0.0312. The van der Waals surface area contributed by atoms with E-state index in [9.17, 15) is 40.3 Å². The molecule has 1 fully saturated rings. The van der Waals surface area contributed by atoms with Gasteiger partial charge in [0.25, 0.3) is 0 Å². The maximum absolute atomic E-state index is 12.7. The summed E-state index contributed by atoms with van der Waals surface area (Å²) >= 11 is 5.39. The maximum atomic E-state index is 12.7. The van der Waals surface area contributed by atoms with Crippen LogP contribution in [0.2, 0.25) is 0 Å². The van der Waals surface area contributed by atoms with Gasteiger partial charge in [-0.1, -0.05) is 12.1 Å². The number of alkyl halides is 6. The summed E-state index contributed by atoms with van der Waals surface area (Å²) in [5.41, 5.74) is -3.70. The smallest absolute Gasteiger partial charge is 0.358 e. The van der Waals surface area contributed by atoms with Crippen LogP contribution < -0.4 is 5.32 Å². The molecule has 198 valence electrons. The van der Waals surface area contributed by atoms with Crippen molar-refractivity contribution in [2.45, 2.75) is 44.0 Å². The fraction of sp³-hybridized carbons (Fsp3) is 0.417. The molecule has 36 heavy (non-hydrogen) atoms. The minimum Gasteiger partial charge on any atom is -0.358 e. The Labute approximate surface area is 208 Å². The molecular formula is C24H24ClF7N2O2. The molecular weight excluding hydrogens is 517 g/mol. The number of carbonyl (C=O) groups is 2. The van der Waals surface area contributed by atoms with E-state index in [-0.39, 0.29) is 23.4 Å². The van der Waals surface area contributed by atoms with Gasteiger partial charge in [-0.2, -0.15) is 26.3 Å². The zero-order chi connectivity index (χ0) is 27.5. The molecule has 12 heteroatoms. The second-order valence-electron chi connectivity index (χ2n) is 8.73. The Kier molecular flexibility index (Phi) is 9.04. The van der Waals surface area contributed by atoms with E-state index in [1.165, 1.54) is 33.0 Å². The van der Waals surface area contributed by atoms with Crippen molar-refractivity contribution in [2.75, 3.05) is 20.1 Å². The lowest BCUT2D eigenvalue weighted by molar-refractivity contribution is -0.143. The fourth-order valence-corrected chi connectivity index (χ4v) is 3.84. The molecule has 1 aliphatic rings. The van der Waals surface area contributed by atoms with Crippen LogP contribution in [0.3, 0.4) is 0 Å². The molecule has 1 saturated heterocycles. The van der Waals surface area contributed by atoms with Gasteiger partial charge in [-0.15, -0.1) is 0 Å². The molecule has 1 N–H and O–H groups in total. The summed E-state index contributed by atoms with van der Waals surface area (Å²) < 4.78 is 89.1. The van der Waals surface area contributed by atoms with Crippen molar-refractivity contribution in [2.24, 2.45) is 0 Å². The van der Waals surface area contributed by atoms with Crippen LogP contribution in [-0.4, -0.2) is 36.3 Å². The van der Waals surface area contributed by atoms with E-state index < -0.39 is 40.2 Å². The molecule has 4 nitrogen and oxygen atoms in total. The van der Waals surface area contributed by atoms with Gasteiger partial charge in [0.2, 0.25) is 5.91 Å². The van der Waals surface area contributed by atoms with Gasteiger partial charge in [-0.3, -0.25) is 9.59 Å². The predicted molar refractivity (Wildman–Crippen MR) is 120 cm³/mol. The first-order valence-corrected chi connectivity index (χ1v) is 11.1. The topological polar surface area (TPSA) is 49.4 Å². The molecule has 1 unspecified atom stereocenters. The largest absolute Gasteiger partial charge is 0.416 e. The molecule has 0 aromatic heterocycles. The summed E-state index contributed by atoms with van der Waals surface area (Å²) in [6.07, 6.45) is -8.98. The number of nitrogens with zero attached hydrogens (tertiary/aromatic N) is 1. The molecule has 2 amide bonds. The summed E-state index contributed by atoms with van der Waals surface area (Å²) in [6.45, 7) is 3.82. The highest BCUT2D eigenvalue weighted by molar-refractivity contribution is 6.62. The van der Waals surface area contributed by atoms with E-state index in [0.717, 1.165) is 12.0 Å². The summed E-state index contributed by atoms with van der Waals surface area (Å²) in [6, 6.07) is 7.57. The average Bonchev–Trinajstić information content (AvgIpc) is 3.28. The van der Waals surface area contributed by atoms with Crippen LogP contribution in [0.1, 0.15) is 48.4 Å². The Morgan fingerprint density at radius 3 is 1.78 bits per heavy atom. The van der Waals surface area contributed by atoms with Crippen LogP contribution >= 0.6 is 11.6 Å². The number of hydrogen-bond acceptors (Lipinski definition) is 2. The van der Waals surface area contributed by atoms with E-state index in [2.05, 4.69) is 5.32 Å². The Balaban J connectivity index is 0.000000267. The molecule has 0 bridgehead atoms. The molecule has 0 saturated carbocycles. The lowest BCUT2D eigenvalue weighted by Gasteiger charge is -2.25. The summed E-state index contributed by atoms with van der Waals surface area (Å²) in [7, 11) is 1.25. The van der Waals surface area contributed by atoms with Crippen molar-refractivity contribution in [3.8, 4) is 0 Å². The molecule has 1 heterocycles. The number of likely N-dealkylation sites (tertiary alicyclic amines) is 1. The van der Waals surface area contributed by atoms with Crippen molar-refractivity contribution in [1.29, 1.82) is 0 Å². The van der Waals surface area contributed by atoms with E-state index in [4.69, 9.17) is 11.6 Å². The molecule has 0 spiro atoms. The third kappa shape index (κ3) is 7.35. The Morgan fingerprint density at radius 1 is 0.917 bits per heavy atom. The molecule has 3 rings (SSSR count). The van der Waals surface area contributed by atoms with E-state index in [0.29, 0.717) is 25.2 Å². The third-order valence-corrected chi connectivity index (χ3v) is 6.12. The second kappa shape index (κ2) is 11.1. The number of carbonyl (C=O) groups excluding carboxylic acids is 2. The first-order chi connectivity index (χ1) is 16.5. The maximum Gasteiger partial charge on any atom is 0.416 e. The molecule has 1 aliphatic heterocycles. The monoisotopic (exact) mass is 540 g/mol. The molecule has 2 aromatic carbocycles. The van der Waals surface area contributed by atoms with Crippen LogP contribution in [0, 0.1) is 5.82 Å². The van der Waals surface area contributed by atoms with Crippen LogP contribution in [0.4, 0.5) is 35.5 Å². The molecule has 0 radical (unpaired) electrons. The number of hydrogen-bond donors (Lipinski definition) is 1. The SMILES string of the molecule is CNC(=O)C(C)(C)c1cc(C(F)(F)F)cc(C(F)(F)F)c1.O=C(Cl)N1CCC(c2ccc(F)cc2)C1. The van der Waals surface area contributed by atoms with Crippen LogP contribution in [0.15, 0.2) is 42.5 Å². The third-order valence-electron chi connectivity index (χ3n) is 5.88. The minimum atomic E-state index is -4.94. The number of nitrogens with one attached hydrogen (secondary N) is 1. The van der Waals surface area contributed by atoms with Crippen molar-refractivity contribution in [3.63, 3.8) is 0 Å². The van der Waals surface area contributed by atoms with E-state index >= 15 is 0 Å². The predicted octanol–water partition coefficient (Wildman–Crippen LogP) is 6.72. The fourth-order valence-electron chi connectivity index (χ4n) is 3.69. The van der Waals surface area contributed by atoms with Gasteiger partial charge in [0.05, 0.1) is 16.5 Å². The zero-order valence-electron chi connectivity index (χ0n) is 19.5. The van der Waals surface area contributed by atoms with Gasteiger partial charge >= 0.3 is 17.7 Å². The molecule has 1 atom stereocenters. The summed E-state index contributed by atoms with van der Waals surface area (Å²) in [4.78, 5) is 24.2. The highest BCUT2D eigenvalue weighted by Gasteiger charge is 2.40. The van der Waals surface area contributed by atoms with Crippen molar-refractivity contribution in [1.82, 2.24) is 10.2 Å². The van der Waals surface area contributed by atoms with E-state index in [1.54, 1.807) is 17.0 Å². The Morgan fingerprint density at radius 2 is 1.39 bits per heavy atom. The lowest BCUT2D eigenvalue weighted by Crippen LogP contribution is -2.38. The Hall–Kier alpha value is -2.82. The summed E-state index contributed by atoms with van der Waals surface area (Å²) in [5.74, 6) is -0.634.